The fourth-order valence-corrected chi connectivity index (χ4v) is 3.61. The molecule has 0 amide bonds. The van der Waals surface area contributed by atoms with E-state index in [-0.39, 0.29) is 5.75 Å². The van der Waals surface area contributed by atoms with Gasteiger partial charge in [0.05, 0.1) is 23.9 Å². The maximum atomic E-state index is 10.1. The van der Waals surface area contributed by atoms with Crippen LogP contribution in [0, 0.1) is 0 Å². The Morgan fingerprint density at radius 1 is 1.22 bits per heavy atom. The summed E-state index contributed by atoms with van der Waals surface area (Å²) in [7, 11) is 3.73. The van der Waals surface area contributed by atoms with Crippen molar-refractivity contribution >= 4 is 55.9 Å². The largest absolute Gasteiger partial charge is 0.506 e. The van der Waals surface area contributed by atoms with Gasteiger partial charge in [0.2, 0.25) is 17.8 Å². The monoisotopic (exact) mass is 499 g/mol. The topological polar surface area (TPSA) is 99.0 Å². The second kappa shape index (κ2) is 8.81. The highest BCUT2D eigenvalue weighted by Crippen LogP contribution is 2.30. The van der Waals surface area contributed by atoms with E-state index in [0.717, 1.165) is 17.6 Å². The highest BCUT2D eigenvalue weighted by Gasteiger charge is 2.17. The SMILES string of the molecule is CN(C)c1nc(NN=Cc2cc(Br)cc(Br)c2O)nc(N2CCOCC2)n1. The Hall–Kier alpha value is -1.98. The summed E-state index contributed by atoms with van der Waals surface area (Å²) in [4.78, 5) is 17.1. The number of morpholine rings is 1. The van der Waals surface area contributed by atoms with Crippen molar-refractivity contribution in [3.63, 3.8) is 0 Å². The van der Waals surface area contributed by atoms with Gasteiger partial charge in [-0.15, -0.1) is 0 Å². The molecular weight excluding hydrogens is 482 g/mol. The van der Waals surface area contributed by atoms with Crippen molar-refractivity contribution in [3.8, 4) is 5.75 Å². The van der Waals surface area contributed by atoms with Gasteiger partial charge >= 0.3 is 0 Å². The molecule has 1 aromatic carbocycles. The van der Waals surface area contributed by atoms with E-state index in [1.54, 1.807) is 17.0 Å². The van der Waals surface area contributed by atoms with Crippen LogP contribution in [0.2, 0.25) is 0 Å². The van der Waals surface area contributed by atoms with E-state index in [0.29, 0.717) is 41.1 Å². The zero-order valence-corrected chi connectivity index (χ0v) is 18.0. The lowest BCUT2D eigenvalue weighted by atomic mass is 10.2. The molecule has 11 heteroatoms. The number of ether oxygens (including phenoxy) is 1. The van der Waals surface area contributed by atoms with Gasteiger partial charge in [-0.3, -0.25) is 0 Å². The van der Waals surface area contributed by atoms with Crippen LogP contribution in [-0.2, 0) is 4.74 Å². The van der Waals surface area contributed by atoms with Gasteiger partial charge in [0.1, 0.15) is 5.75 Å². The number of phenolic OH excluding ortho intramolecular Hbond substituents is 1. The molecule has 2 heterocycles. The molecule has 27 heavy (non-hydrogen) atoms. The maximum Gasteiger partial charge on any atom is 0.250 e. The van der Waals surface area contributed by atoms with Crippen molar-refractivity contribution in [2.24, 2.45) is 5.10 Å². The van der Waals surface area contributed by atoms with Crippen molar-refractivity contribution in [2.75, 3.05) is 55.6 Å². The van der Waals surface area contributed by atoms with E-state index in [9.17, 15) is 5.11 Å². The molecule has 0 atom stereocenters. The summed E-state index contributed by atoms with van der Waals surface area (Å²) < 4.78 is 6.77. The van der Waals surface area contributed by atoms with Crippen molar-refractivity contribution in [3.05, 3.63) is 26.6 Å². The van der Waals surface area contributed by atoms with Gasteiger partial charge in [-0.25, -0.2) is 5.43 Å². The number of nitrogens with zero attached hydrogens (tertiary/aromatic N) is 6. The second-order valence-electron chi connectivity index (χ2n) is 5.95. The number of anilines is 3. The maximum absolute atomic E-state index is 10.1. The van der Waals surface area contributed by atoms with E-state index >= 15 is 0 Å². The first kappa shape index (κ1) is 19.8. The minimum Gasteiger partial charge on any atom is -0.506 e. The Balaban J connectivity index is 1.82. The Labute approximate surface area is 173 Å². The Morgan fingerprint density at radius 3 is 2.67 bits per heavy atom. The van der Waals surface area contributed by atoms with Crippen LogP contribution < -0.4 is 15.2 Å². The molecule has 9 nitrogen and oxygen atoms in total. The predicted molar refractivity (Wildman–Crippen MR) is 112 cm³/mol. The number of hydrogen-bond donors (Lipinski definition) is 2. The van der Waals surface area contributed by atoms with E-state index in [1.807, 2.05) is 19.0 Å². The van der Waals surface area contributed by atoms with Crippen molar-refractivity contribution in [1.29, 1.82) is 0 Å². The molecular formula is C16H19Br2N7O2. The van der Waals surface area contributed by atoms with Gasteiger partial charge in [0.15, 0.2) is 0 Å². The molecule has 144 valence electrons. The van der Waals surface area contributed by atoms with Crippen LogP contribution in [0.4, 0.5) is 17.8 Å². The first-order valence-corrected chi connectivity index (χ1v) is 9.76. The molecule has 1 aliphatic rings. The number of rotatable bonds is 5. The first-order chi connectivity index (χ1) is 12.9. The second-order valence-corrected chi connectivity index (χ2v) is 7.72. The lowest BCUT2D eigenvalue weighted by Crippen LogP contribution is -2.37. The number of hydrogen-bond acceptors (Lipinski definition) is 9. The Kier molecular flexibility index (Phi) is 6.45. The summed E-state index contributed by atoms with van der Waals surface area (Å²) >= 11 is 6.68. The molecule has 0 bridgehead atoms. The summed E-state index contributed by atoms with van der Waals surface area (Å²) in [6.45, 7) is 2.72. The number of halogens is 2. The fraction of sp³-hybridized carbons (Fsp3) is 0.375. The van der Waals surface area contributed by atoms with E-state index in [1.165, 1.54) is 6.21 Å². The molecule has 0 spiro atoms. The predicted octanol–water partition coefficient (Wildman–Crippen LogP) is 2.45. The molecule has 0 radical (unpaired) electrons. The van der Waals surface area contributed by atoms with Crippen LogP contribution in [0.3, 0.4) is 0 Å². The Morgan fingerprint density at radius 2 is 1.96 bits per heavy atom. The number of hydrazone groups is 1. The summed E-state index contributed by atoms with van der Waals surface area (Å²) in [6, 6.07) is 3.51. The minimum absolute atomic E-state index is 0.0994. The highest BCUT2D eigenvalue weighted by atomic mass is 79.9. The smallest absolute Gasteiger partial charge is 0.250 e. The molecule has 2 aromatic rings. The fourth-order valence-electron chi connectivity index (χ4n) is 2.35. The zero-order chi connectivity index (χ0) is 19.4. The van der Waals surface area contributed by atoms with E-state index < -0.39 is 0 Å². The van der Waals surface area contributed by atoms with Crippen LogP contribution in [-0.4, -0.2) is 66.7 Å². The van der Waals surface area contributed by atoms with Crippen LogP contribution in [0.25, 0.3) is 0 Å². The third kappa shape index (κ3) is 5.05. The number of aromatic hydroxyl groups is 1. The Bertz CT molecular complexity index is 842. The van der Waals surface area contributed by atoms with Gasteiger partial charge in [0, 0.05) is 37.2 Å². The van der Waals surface area contributed by atoms with Crippen LogP contribution in [0.5, 0.6) is 5.75 Å². The molecule has 0 aliphatic carbocycles. The van der Waals surface area contributed by atoms with Gasteiger partial charge < -0.3 is 19.6 Å². The van der Waals surface area contributed by atoms with Gasteiger partial charge in [-0.1, -0.05) is 15.9 Å². The summed E-state index contributed by atoms with van der Waals surface area (Å²) in [5, 5.41) is 14.2. The summed E-state index contributed by atoms with van der Waals surface area (Å²) in [5.74, 6) is 1.52. The molecule has 0 saturated carbocycles. The van der Waals surface area contributed by atoms with Crippen molar-refractivity contribution in [2.45, 2.75) is 0 Å². The molecule has 1 aliphatic heterocycles. The molecule has 2 N–H and O–H groups in total. The van der Waals surface area contributed by atoms with Crippen molar-refractivity contribution < 1.29 is 9.84 Å². The highest BCUT2D eigenvalue weighted by molar-refractivity contribution is 9.11. The lowest BCUT2D eigenvalue weighted by Gasteiger charge is -2.27. The summed E-state index contributed by atoms with van der Waals surface area (Å²) in [5.41, 5.74) is 3.36. The summed E-state index contributed by atoms with van der Waals surface area (Å²) in [6.07, 6.45) is 1.50. The number of phenols is 1. The standard InChI is InChI=1S/C16H19Br2N7O2/c1-24(2)15-20-14(21-16(22-15)25-3-5-27-6-4-25)23-19-9-10-7-11(17)8-12(18)13(10)26/h7-9,26H,3-6H2,1-2H3,(H,20,21,22,23). The lowest BCUT2D eigenvalue weighted by molar-refractivity contribution is 0.122. The molecule has 1 saturated heterocycles. The molecule has 1 aromatic heterocycles. The third-order valence-corrected chi connectivity index (χ3v) is 4.79. The van der Waals surface area contributed by atoms with Gasteiger partial charge in [-0.2, -0.15) is 20.1 Å². The molecule has 3 rings (SSSR count). The van der Waals surface area contributed by atoms with Gasteiger partial charge in [-0.05, 0) is 28.1 Å². The van der Waals surface area contributed by atoms with Crippen LogP contribution in [0.1, 0.15) is 5.56 Å². The quantitative estimate of drug-likeness (QED) is 0.477. The number of benzene rings is 1. The van der Waals surface area contributed by atoms with E-state index in [4.69, 9.17) is 4.74 Å². The first-order valence-electron chi connectivity index (χ1n) is 8.17. The minimum atomic E-state index is 0.0994. The van der Waals surface area contributed by atoms with Gasteiger partial charge in [0.25, 0.3) is 0 Å². The molecule has 0 unspecified atom stereocenters. The van der Waals surface area contributed by atoms with Crippen molar-refractivity contribution in [1.82, 2.24) is 15.0 Å². The zero-order valence-electron chi connectivity index (χ0n) is 14.9. The van der Waals surface area contributed by atoms with E-state index in [2.05, 4.69) is 57.3 Å². The number of aromatic nitrogens is 3. The average molecular weight is 501 g/mol. The average Bonchev–Trinajstić information content (AvgIpc) is 2.66. The number of nitrogens with one attached hydrogen (secondary N) is 1. The van der Waals surface area contributed by atoms with Crippen LogP contribution >= 0.6 is 31.9 Å². The molecule has 1 fully saturated rings. The normalized spacial score (nSPS) is 14.6. The third-order valence-electron chi connectivity index (χ3n) is 3.73. The van der Waals surface area contributed by atoms with Crippen LogP contribution in [0.15, 0.2) is 26.2 Å².